The lowest BCUT2D eigenvalue weighted by atomic mass is 9.95. The summed E-state index contributed by atoms with van der Waals surface area (Å²) in [5.41, 5.74) is 1.71. The van der Waals surface area contributed by atoms with Gasteiger partial charge in [0.25, 0.3) is 5.91 Å². The van der Waals surface area contributed by atoms with E-state index in [1.54, 1.807) is 6.07 Å². The Labute approximate surface area is 200 Å². The molecule has 32 heavy (non-hydrogen) atoms. The molecular formula is C23H27BrN4O3S. The van der Waals surface area contributed by atoms with Crippen LogP contribution in [0.25, 0.3) is 0 Å². The van der Waals surface area contributed by atoms with Crippen molar-refractivity contribution in [2.24, 2.45) is 0 Å². The molecule has 9 heteroatoms. The van der Waals surface area contributed by atoms with Gasteiger partial charge in [-0.05, 0) is 71.6 Å². The Morgan fingerprint density at radius 3 is 2.66 bits per heavy atom. The summed E-state index contributed by atoms with van der Waals surface area (Å²) in [5, 5.41) is 14.3. The fourth-order valence-electron chi connectivity index (χ4n) is 4.35. The third-order valence-corrected chi connectivity index (χ3v) is 7.68. The maximum absolute atomic E-state index is 13.3. The summed E-state index contributed by atoms with van der Waals surface area (Å²) < 4.78 is 6.37. The highest BCUT2D eigenvalue weighted by atomic mass is 79.9. The van der Waals surface area contributed by atoms with Crippen molar-refractivity contribution in [1.82, 2.24) is 5.32 Å². The second-order valence-electron chi connectivity index (χ2n) is 8.26. The van der Waals surface area contributed by atoms with Crippen molar-refractivity contribution in [3.63, 3.8) is 0 Å². The average Bonchev–Trinajstić information content (AvgIpc) is 3.36. The van der Waals surface area contributed by atoms with E-state index in [2.05, 4.69) is 26.6 Å². The van der Waals surface area contributed by atoms with Crippen LogP contribution in [0.2, 0.25) is 0 Å². The minimum absolute atomic E-state index is 0.179. The van der Waals surface area contributed by atoms with Crippen molar-refractivity contribution in [1.29, 1.82) is 5.41 Å². The number of anilines is 2. The Bertz CT molecular complexity index is 1030. The zero-order valence-electron chi connectivity index (χ0n) is 18.0. The molecule has 0 bridgehead atoms. The Kier molecular flexibility index (Phi) is 6.97. The van der Waals surface area contributed by atoms with Crippen molar-refractivity contribution in [2.75, 3.05) is 30.0 Å². The Morgan fingerprint density at radius 2 is 1.97 bits per heavy atom. The molecule has 1 aliphatic carbocycles. The van der Waals surface area contributed by atoms with Gasteiger partial charge in [-0.25, -0.2) is 0 Å². The van der Waals surface area contributed by atoms with Gasteiger partial charge in [0, 0.05) is 24.3 Å². The number of nitrogens with zero attached hydrogens (tertiary/aromatic N) is 1. The summed E-state index contributed by atoms with van der Waals surface area (Å²) in [5.74, 6) is 0.142. The summed E-state index contributed by atoms with van der Waals surface area (Å²) in [4.78, 5) is 28.6. The number of rotatable bonds is 5. The van der Waals surface area contributed by atoms with Gasteiger partial charge in [0.15, 0.2) is 0 Å². The van der Waals surface area contributed by atoms with Crippen LogP contribution in [0.1, 0.15) is 47.3 Å². The van der Waals surface area contributed by atoms with Crippen LogP contribution in [0.15, 0.2) is 34.1 Å². The minimum atomic E-state index is -0.898. The van der Waals surface area contributed by atoms with Crippen LogP contribution >= 0.6 is 27.3 Å². The van der Waals surface area contributed by atoms with Crippen molar-refractivity contribution in [3.05, 3.63) is 44.6 Å². The average molecular weight is 519 g/mol. The molecule has 2 heterocycles. The monoisotopic (exact) mass is 518 g/mol. The quantitative estimate of drug-likeness (QED) is 0.534. The molecule has 0 spiro atoms. The number of hydrogen-bond donors (Lipinski definition) is 3. The number of amidine groups is 1. The van der Waals surface area contributed by atoms with Gasteiger partial charge in [0.1, 0.15) is 11.4 Å². The lowest BCUT2D eigenvalue weighted by Crippen LogP contribution is -2.54. The zero-order valence-corrected chi connectivity index (χ0v) is 20.4. The van der Waals surface area contributed by atoms with E-state index in [0.717, 1.165) is 27.9 Å². The lowest BCUT2D eigenvalue weighted by Gasteiger charge is -2.29. The molecule has 1 aromatic heterocycles. The smallest absolute Gasteiger partial charge is 0.262 e. The van der Waals surface area contributed by atoms with E-state index in [1.165, 1.54) is 11.3 Å². The topological polar surface area (TPSA) is 94.5 Å². The first-order valence-electron chi connectivity index (χ1n) is 10.8. The standard InChI is InChI=1S/C23H27BrN4O3S/c1-15-14-16(4-5-17(15)28-11-13-31-12-8-20(28)25)26-22(30)23(9-2-3-10-23)27-21(29)18-6-7-19(24)32-18/h4-7,14,25H,2-3,8-13H2,1H3,(H,26,30)(H,27,29). The molecule has 2 aliphatic rings. The highest BCUT2D eigenvalue weighted by Gasteiger charge is 2.42. The van der Waals surface area contributed by atoms with Gasteiger partial charge in [-0.3, -0.25) is 15.0 Å². The Hall–Kier alpha value is -2.23. The lowest BCUT2D eigenvalue weighted by molar-refractivity contribution is -0.122. The van der Waals surface area contributed by atoms with Gasteiger partial charge >= 0.3 is 0 Å². The van der Waals surface area contributed by atoms with Gasteiger partial charge in [-0.1, -0.05) is 12.8 Å². The number of hydrogen-bond acceptors (Lipinski definition) is 5. The van der Waals surface area contributed by atoms with E-state index in [9.17, 15) is 9.59 Å². The number of carbonyl (C=O) groups excluding carboxylic acids is 2. The predicted molar refractivity (Wildman–Crippen MR) is 131 cm³/mol. The molecule has 2 fully saturated rings. The van der Waals surface area contributed by atoms with Gasteiger partial charge in [-0.15, -0.1) is 11.3 Å². The zero-order chi connectivity index (χ0) is 22.7. The van der Waals surface area contributed by atoms with Crippen LogP contribution in [-0.2, 0) is 9.53 Å². The summed E-state index contributed by atoms with van der Waals surface area (Å²) in [6.45, 7) is 3.77. The van der Waals surface area contributed by atoms with E-state index >= 15 is 0 Å². The van der Waals surface area contributed by atoms with Crippen molar-refractivity contribution in [3.8, 4) is 0 Å². The molecule has 170 valence electrons. The van der Waals surface area contributed by atoms with Crippen molar-refractivity contribution < 1.29 is 14.3 Å². The van der Waals surface area contributed by atoms with E-state index in [4.69, 9.17) is 10.1 Å². The van der Waals surface area contributed by atoms with Crippen molar-refractivity contribution >= 4 is 56.3 Å². The molecular weight excluding hydrogens is 492 g/mol. The van der Waals surface area contributed by atoms with Crippen LogP contribution in [0.5, 0.6) is 0 Å². The van der Waals surface area contributed by atoms with Gasteiger partial charge in [-0.2, -0.15) is 0 Å². The summed E-state index contributed by atoms with van der Waals surface area (Å²) in [6, 6.07) is 9.32. The third-order valence-electron chi connectivity index (χ3n) is 6.06. The van der Waals surface area contributed by atoms with Crippen LogP contribution < -0.4 is 15.5 Å². The van der Waals surface area contributed by atoms with E-state index in [0.29, 0.717) is 55.4 Å². The molecule has 1 aromatic carbocycles. The summed E-state index contributed by atoms with van der Waals surface area (Å²) in [7, 11) is 0. The van der Waals surface area contributed by atoms with Crippen LogP contribution in [0, 0.1) is 12.3 Å². The summed E-state index contributed by atoms with van der Waals surface area (Å²) in [6.07, 6.45) is 3.64. The molecule has 0 radical (unpaired) electrons. The SMILES string of the molecule is Cc1cc(NC(=O)C2(NC(=O)c3ccc(Br)s3)CCCC2)ccc1N1CCOCCC1=N. The molecule has 0 unspecified atom stereocenters. The second kappa shape index (κ2) is 9.72. The van der Waals surface area contributed by atoms with Crippen LogP contribution in [0.4, 0.5) is 11.4 Å². The fourth-order valence-corrected chi connectivity index (χ4v) is 5.63. The first kappa shape index (κ1) is 22.9. The number of thiophene rings is 1. The molecule has 3 N–H and O–H groups in total. The number of carbonyl (C=O) groups is 2. The molecule has 2 amide bonds. The highest BCUT2D eigenvalue weighted by Crippen LogP contribution is 2.33. The molecule has 2 aromatic rings. The molecule has 1 saturated heterocycles. The van der Waals surface area contributed by atoms with Gasteiger partial charge in [0.2, 0.25) is 5.91 Å². The number of aryl methyl sites for hydroxylation is 1. The minimum Gasteiger partial charge on any atom is -0.379 e. The predicted octanol–water partition coefficient (Wildman–Crippen LogP) is 4.70. The number of nitrogens with one attached hydrogen (secondary N) is 3. The van der Waals surface area contributed by atoms with E-state index < -0.39 is 5.54 Å². The fraction of sp³-hybridized carbons (Fsp3) is 0.435. The van der Waals surface area contributed by atoms with Gasteiger partial charge in [0.05, 0.1) is 21.9 Å². The number of halogens is 1. The molecule has 7 nitrogen and oxygen atoms in total. The van der Waals surface area contributed by atoms with E-state index in [-0.39, 0.29) is 11.8 Å². The normalized spacial score (nSPS) is 18.3. The Morgan fingerprint density at radius 1 is 1.19 bits per heavy atom. The Balaban J connectivity index is 1.49. The third kappa shape index (κ3) is 4.89. The van der Waals surface area contributed by atoms with E-state index in [1.807, 2.05) is 36.1 Å². The highest BCUT2D eigenvalue weighted by molar-refractivity contribution is 9.11. The number of ether oxygens (including phenoxy) is 1. The molecule has 1 aliphatic heterocycles. The first-order valence-corrected chi connectivity index (χ1v) is 12.4. The molecule has 4 rings (SSSR count). The maximum atomic E-state index is 13.3. The maximum Gasteiger partial charge on any atom is 0.262 e. The molecule has 1 saturated carbocycles. The van der Waals surface area contributed by atoms with Gasteiger partial charge < -0.3 is 20.3 Å². The number of amides is 2. The number of benzene rings is 1. The largest absolute Gasteiger partial charge is 0.379 e. The molecule has 0 atom stereocenters. The van der Waals surface area contributed by atoms with Crippen LogP contribution in [-0.4, -0.2) is 42.9 Å². The second-order valence-corrected chi connectivity index (χ2v) is 10.7. The van der Waals surface area contributed by atoms with Crippen molar-refractivity contribution in [2.45, 2.75) is 44.6 Å². The first-order chi connectivity index (χ1) is 15.4. The summed E-state index contributed by atoms with van der Waals surface area (Å²) >= 11 is 4.74. The van der Waals surface area contributed by atoms with Crippen LogP contribution in [0.3, 0.4) is 0 Å².